The van der Waals surface area contributed by atoms with E-state index in [4.69, 9.17) is 5.11 Å². The molecule has 3 nitrogen and oxygen atoms in total. The number of hydrogen-bond acceptors (Lipinski definition) is 1. The summed E-state index contributed by atoms with van der Waals surface area (Å²) in [5, 5.41) is 8.38. The van der Waals surface area contributed by atoms with Gasteiger partial charge in [-0.05, 0) is 12.1 Å². The van der Waals surface area contributed by atoms with Crippen molar-refractivity contribution in [2.45, 2.75) is 0 Å². The van der Waals surface area contributed by atoms with Gasteiger partial charge in [-0.3, -0.25) is 0 Å². The van der Waals surface area contributed by atoms with Gasteiger partial charge in [0.25, 0.3) is 0 Å². The SMILES string of the molecule is O.O=C(O)c1ccccc1.[LiH]. The molecule has 1 aromatic carbocycles. The quantitative estimate of drug-likeness (QED) is 0.565. The number of rotatable bonds is 1. The number of carboxylic acid groups (broad SMARTS) is 1. The molecule has 0 atom stereocenters. The van der Waals surface area contributed by atoms with Crippen molar-refractivity contribution in [3.63, 3.8) is 0 Å². The molecular weight excluding hydrogens is 139 g/mol. The molecule has 0 aliphatic heterocycles. The van der Waals surface area contributed by atoms with Gasteiger partial charge in [0, 0.05) is 0 Å². The Morgan fingerprint density at radius 3 is 1.91 bits per heavy atom. The molecule has 1 aromatic rings. The normalized spacial score (nSPS) is 7.27. The second-order valence-corrected chi connectivity index (χ2v) is 1.67. The third kappa shape index (κ3) is 3.84. The molecule has 11 heavy (non-hydrogen) atoms. The molecule has 0 aliphatic rings. The molecule has 0 spiro atoms. The van der Waals surface area contributed by atoms with Crippen LogP contribution in [-0.4, -0.2) is 35.4 Å². The van der Waals surface area contributed by atoms with Crippen molar-refractivity contribution in [1.82, 2.24) is 0 Å². The zero-order valence-electron chi connectivity index (χ0n) is 5.24. The first-order chi connectivity index (χ1) is 4.30. The molecule has 0 aromatic heterocycles. The number of carboxylic acids is 1. The minimum atomic E-state index is -0.879. The third-order valence-electron chi connectivity index (χ3n) is 1.02. The summed E-state index contributed by atoms with van der Waals surface area (Å²) in [6.07, 6.45) is 0. The summed E-state index contributed by atoms with van der Waals surface area (Å²) >= 11 is 0. The van der Waals surface area contributed by atoms with Crippen LogP contribution >= 0.6 is 0 Å². The number of benzene rings is 1. The summed E-state index contributed by atoms with van der Waals surface area (Å²) in [5.74, 6) is -0.879. The molecule has 0 fully saturated rings. The zero-order chi connectivity index (χ0) is 6.69. The molecule has 0 unspecified atom stereocenters. The average molecular weight is 148 g/mol. The van der Waals surface area contributed by atoms with Crippen LogP contribution in [-0.2, 0) is 0 Å². The second kappa shape index (κ2) is 5.99. The Bertz CT molecular complexity index is 210. The van der Waals surface area contributed by atoms with Crippen molar-refractivity contribution in [3.8, 4) is 0 Å². The van der Waals surface area contributed by atoms with Crippen LogP contribution in [0.3, 0.4) is 0 Å². The van der Waals surface area contributed by atoms with Crippen molar-refractivity contribution in [2.75, 3.05) is 0 Å². The topological polar surface area (TPSA) is 68.8 Å². The van der Waals surface area contributed by atoms with Crippen molar-refractivity contribution < 1.29 is 15.4 Å². The fourth-order valence-electron chi connectivity index (χ4n) is 0.581. The molecule has 0 saturated heterocycles. The summed E-state index contributed by atoms with van der Waals surface area (Å²) in [4.78, 5) is 10.2. The van der Waals surface area contributed by atoms with Gasteiger partial charge in [0.05, 0.1) is 5.56 Å². The van der Waals surface area contributed by atoms with Crippen LogP contribution in [0.2, 0.25) is 0 Å². The molecule has 0 radical (unpaired) electrons. The summed E-state index contributed by atoms with van der Waals surface area (Å²) in [7, 11) is 0. The van der Waals surface area contributed by atoms with E-state index in [1.54, 1.807) is 30.3 Å². The van der Waals surface area contributed by atoms with Gasteiger partial charge >= 0.3 is 24.8 Å². The monoisotopic (exact) mass is 148 g/mol. The van der Waals surface area contributed by atoms with E-state index in [0.717, 1.165) is 0 Å². The van der Waals surface area contributed by atoms with Gasteiger partial charge in [0.1, 0.15) is 0 Å². The molecular formula is C7H9LiO3. The van der Waals surface area contributed by atoms with Crippen LogP contribution in [0.1, 0.15) is 10.4 Å². The van der Waals surface area contributed by atoms with E-state index in [0.29, 0.717) is 5.56 Å². The Kier molecular flexibility index (Phi) is 7.02. The second-order valence-electron chi connectivity index (χ2n) is 1.67. The standard InChI is InChI=1S/C7H6O2.Li.H2O.H/c8-7(9)6-4-2-1-3-5-6;;;/h1-5H,(H,8,9);;1H2;. The van der Waals surface area contributed by atoms with Gasteiger partial charge in [0.15, 0.2) is 0 Å². The summed E-state index contributed by atoms with van der Waals surface area (Å²) in [6.45, 7) is 0. The first kappa shape index (κ1) is 12.9. The Hall–Kier alpha value is -0.753. The van der Waals surface area contributed by atoms with Crippen LogP contribution in [0.4, 0.5) is 0 Å². The molecule has 0 heterocycles. The number of hydrogen-bond donors (Lipinski definition) is 1. The van der Waals surface area contributed by atoms with E-state index >= 15 is 0 Å². The van der Waals surface area contributed by atoms with E-state index in [9.17, 15) is 4.79 Å². The Morgan fingerprint density at radius 1 is 1.18 bits per heavy atom. The summed E-state index contributed by atoms with van der Waals surface area (Å²) < 4.78 is 0. The van der Waals surface area contributed by atoms with Gasteiger partial charge in [-0.25, -0.2) is 4.79 Å². The molecule has 0 saturated carbocycles. The fraction of sp³-hybridized carbons (Fsp3) is 0. The van der Waals surface area contributed by atoms with Gasteiger partial charge in [-0.1, -0.05) is 18.2 Å². The Morgan fingerprint density at radius 2 is 1.64 bits per heavy atom. The van der Waals surface area contributed by atoms with Crippen molar-refractivity contribution in [1.29, 1.82) is 0 Å². The summed E-state index contributed by atoms with van der Waals surface area (Å²) in [6, 6.07) is 8.30. The van der Waals surface area contributed by atoms with Gasteiger partial charge in [0.2, 0.25) is 0 Å². The maximum absolute atomic E-state index is 10.2. The number of aromatic carboxylic acids is 1. The van der Waals surface area contributed by atoms with Gasteiger partial charge in [-0.2, -0.15) is 0 Å². The van der Waals surface area contributed by atoms with Gasteiger partial charge < -0.3 is 10.6 Å². The molecule has 0 aliphatic carbocycles. The minimum absolute atomic E-state index is 0. The van der Waals surface area contributed by atoms with Crippen LogP contribution < -0.4 is 0 Å². The number of carbonyl (C=O) groups is 1. The van der Waals surface area contributed by atoms with Crippen molar-refractivity contribution in [2.24, 2.45) is 0 Å². The average Bonchev–Trinajstić information content (AvgIpc) is 1.90. The molecule has 4 heteroatoms. The maximum atomic E-state index is 10.2. The van der Waals surface area contributed by atoms with E-state index in [2.05, 4.69) is 0 Å². The first-order valence-electron chi connectivity index (χ1n) is 2.59. The van der Waals surface area contributed by atoms with Crippen molar-refractivity contribution in [3.05, 3.63) is 35.9 Å². The van der Waals surface area contributed by atoms with Gasteiger partial charge in [-0.15, -0.1) is 0 Å². The van der Waals surface area contributed by atoms with Crippen LogP contribution in [0.25, 0.3) is 0 Å². The molecule has 56 valence electrons. The van der Waals surface area contributed by atoms with Crippen LogP contribution in [0, 0.1) is 0 Å². The molecule has 0 amide bonds. The van der Waals surface area contributed by atoms with Crippen LogP contribution in [0.5, 0.6) is 0 Å². The third-order valence-corrected chi connectivity index (χ3v) is 1.02. The summed E-state index contributed by atoms with van der Waals surface area (Å²) in [5.41, 5.74) is 0.331. The van der Waals surface area contributed by atoms with E-state index in [-0.39, 0.29) is 24.3 Å². The van der Waals surface area contributed by atoms with Crippen molar-refractivity contribution >= 4 is 24.8 Å². The van der Waals surface area contributed by atoms with E-state index in [1.807, 2.05) is 0 Å². The van der Waals surface area contributed by atoms with E-state index in [1.165, 1.54) is 0 Å². The Balaban J connectivity index is 0. The van der Waals surface area contributed by atoms with Crippen LogP contribution in [0.15, 0.2) is 30.3 Å². The fourth-order valence-corrected chi connectivity index (χ4v) is 0.581. The van der Waals surface area contributed by atoms with E-state index < -0.39 is 5.97 Å². The molecule has 0 bridgehead atoms. The predicted octanol–water partition coefficient (Wildman–Crippen LogP) is -0.0884. The zero-order valence-corrected chi connectivity index (χ0v) is 5.24. The predicted molar refractivity (Wildman–Crippen MR) is 44.2 cm³/mol. The Labute approximate surface area is 76.5 Å². The molecule has 1 rings (SSSR count). The first-order valence-corrected chi connectivity index (χ1v) is 2.59. The molecule has 3 N–H and O–H groups in total.